The number of aromatic nitrogens is 1. The van der Waals surface area contributed by atoms with Crippen molar-refractivity contribution in [2.45, 2.75) is 33.1 Å². The van der Waals surface area contributed by atoms with Crippen molar-refractivity contribution in [1.82, 2.24) is 4.57 Å². The van der Waals surface area contributed by atoms with Gasteiger partial charge in [0.1, 0.15) is 0 Å². The van der Waals surface area contributed by atoms with Crippen molar-refractivity contribution < 1.29 is 4.79 Å². The molecule has 0 aliphatic carbocycles. The number of rotatable bonds is 4. The van der Waals surface area contributed by atoms with E-state index in [9.17, 15) is 4.79 Å². The second-order valence-corrected chi connectivity index (χ2v) is 6.70. The van der Waals surface area contributed by atoms with Crippen LogP contribution in [-0.2, 0) is 18.3 Å². The number of benzene rings is 2. The lowest BCUT2D eigenvalue weighted by molar-refractivity contribution is -0.115. The molecule has 24 heavy (non-hydrogen) atoms. The molecular formula is C21H24N2O. The fourth-order valence-electron chi connectivity index (χ4n) is 3.27. The number of fused-ring (bicyclic) bond motifs is 1. The van der Waals surface area contributed by atoms with Gasteiger partial charge in [-0.2, -0.15) is 0 Å². The van der Waals surface area contributed by atoms with Crippen molar-refractivity contribution in [3.63, 3.8) is 0 Å². The number of aryl methyl sites for hydroxylation is 2. The zero-order chi connectivity index (χ0) is 17.3. The Balaban J connectivity index is 1.86. The number of nitrogens with zero attached hydrogens (tertiary/aromatic N) is 1. The van der Waals surface area contributed by atoms with Crippen molar-refractivity contribution in [2.24, 2.45) is 7.05 Å². The van der Waals surface area contributed by atoms with Crippen LogP contribution in [0.2, 0.25) is 0 Å². The van der Waals surface area contributed by atoms with E-state index >= 15 is 0 Å². The predicted molar refractivity (Wildman–Crippen MR) is 101 cm³/mol. The van der Waals surface area contributed by atoms with E-state index < -0.39 is 0 Å². The summed E-state index contributed by atoms with van der Waals surface area (Å²) in [4.78, 5) is 12.6. The normalized spacial score (nSPS) is 11.2. The molecule has 1 aromatic heterocycles. The molecule has 0 atom stereocenters. The van der Waals surface area contributed by atoms with E-state index in [4.69, 9.17) is 0 Å². The van der Waals surface area contributed by atoms with Crippen LogP contribution in [0.5, 0.6) is 0 Å². The first kappa shape index (κ1) is 16.3. The van der Waals surface area contributed by atoms with Gasteiger partial charge in [0.25, 0.3) is 0 Å². The maximum Gasteiger partial charge on any atom is 0.228 e. The van der Waals surface area contributed by atoms with E-state index in [1.165, 1.54) is 5.56 Å². The molecule has 1 heterocycles. The third-order valence-corrected chi connectivity index (χ3v) is 4.52. The molecule has 0 fully saturated rings. The van der Waals surface area contributed by atoms with E-state index in [0.717, 1.165) is 27.7 Å². The standard InChI is InChI=1S/C21H24N2O/c1-14(2)17-10-7-8-15(3)21(17)22-20(24)12-16-13-23(4)19-11-6-5-9-18(16)19/h5-11,13-14H,12H2,1-4H3,(H,22,24). The van der Waals surface area contributed by atoms with Gasteiger partial charge in [0.2, 0.25) is 5.91 Å². The zero-order valence-electron chi connectivity index (χ0n) is 14.8. The fourth-order valence-corrected chi connectivity index (χ4v) is 3.27. The van der Waals surface area contributed by atoms with E-state index in [-0.39, 0.29) is 5.91 Å². The Morgan fingerprint density at radius 3 is 2.62 bits per heavy atom. The van der Waals surface area contributed by atoms with Crippen LogP contribution in [0, 0.1) is 6.92 Å². The van der Waals surface area contributed by atoms with Crippen LogP contribution in [0.4, 0.5) is 5.69 Å². The minimum Gasteiger partial charge on any atom is -0.350 e. The van der Waals surface area contributed by atoms with Crippen molar-refractivity contribution in [2.75, 3.05) is 5.32 Å². The summed E-state index contributed by atoms with van der Waals surface area (Å²) >= 11 is 0. The summed E-state index contributed by atoms with van der Waals surface area (Å²) in [5, 5.41) is 4.28. The SMILES string of the molecule is Cc1cccc(C(C)C)c1NC(=O)Cc1cn(C)c2ccccc12. The molecule has 124 valence electrons. The van der Waals surface area contributed by atoms with Crippen LogP contribution in [0.25, 0.3) is 10.9 Å². The summed E-state index contributed by atoms with van der Waals surface area (Å²) in [6.07, 6.45) is 2.43. The molecule has 0 saturated heterocycles. The van der Waals surface area contributed by atoms with E-state index in [1.807, 2.05) is 44.4 Å². The minimum absolute atomic E-state index is 0.0301. The lowest BCUT2D eigenvalue weighted by Gasteiger charge is -2.16. The molecular weight excluding hydrogens is 296 g/mol. The molecule has 1 N–H and O–H groups in total. The van der Waals surface area contributed by atoms with Gasteiger partial charge in [-0.05, 0) is 35.6 Å². The highest BCUT2D eigenvalue weighted by Gasteiger charge is 2.14. The average Bonchev–Trinajstić information content (AvgIpc) is 2.85. The highest BCUT2D eigenvalue weighted by atomic mass is 16.1. The molecule has 0 aliphatic heterocycles. The van der Waals surface area contributed by atoms with Gasteiger partial charge in [-0.3, -0.25) is 4.79 Å². The summed E-state index contributed by atoms with van der Waals surface area (Å²) in [7, 11) is 2.02. The first-order valence-corrected chi connectivity index (χ1v) is 8.39. The molecule has 0 unspecified atom stereocenters. The molecule has 3 rings (SSSR count). The predicted octanol–water partition coefficient (Wildman–Crippen LogP) is 4.79. The third kappa shape index (κ3) is 3.07. The third-order valence-electron chi connectivity index (χ3n) is 4.52. The van der Waals surface area contributed by atoms with E-state index in [0.29, 0.717) is 12.3 Å². The van der Waals surface area contributed by atoms with E-state index in [1.54, 1.807) is 0 Å². The lowest BCUT2D eigenvalue weighted by atomic mass is 9.98. The Morgan fingerprint density at radius 1 is 1.12 bits per heavy atom. The maximum atomic E-state index is 12.6. The largest absolute Gasteiger partial charge is 0.350 e. The molecule has 3 aromatic rings. The van der Waals surface area contributed by atoms with Crippen LogP contribution in [-0.4, -0.2) is 10.5 Å². The van der Waals surface area contributed by atoms with Crippen LogP contribution in [0.1, 0.15) is 36.5 Å². The number of hydrogen-bond acceptors (Lipinski definition) is 1. The number of carbonyl (C=O) groups excluding carboxylic acids is 1. The topological polar surface area (TPSA) is 34.0 Å². The molecule has 0 saturated carbocycles. The van der Waals surface area contributed by atoms with Gasteiger partial charge < -0.3 is 9.88 Å². The second kappa shape index (κ2) is 6.52. The molecule has 0 aliphatic rings. The average molecular weight is 320 g/mol. The van der Waals surface area contributed by atoms with Crippen molar-refractivity contribution in [3.05, 3.63) is 65.4 Å². The molecule has 2 aromatic carbocycles. The Labute approximate surface area is 143 Å². The van der Waals surface area contributed by atoms with Gasteiger partial charge in [0.05, 0.1) is 6.42 Å². The van der Waals surface area contributed by atoms with Crippen molar-refractivity contribution >= 4 is 22.5 Å². The number of anilines is 1. The number of para-hydroxylation sites is 2. The monoisotopic (exact) mass is 320 g/mol. The number of carbonyl (C=O) groups is 1. The Morgan fingerprint density at radius 2 is 1.88 bits per heavy atom. The van der Waals surface area contributed by atoms with Crippen molar-refractivity contribution in [1.29, 1.82) is 0 Å². The van der Waals surface area contributed by atoms with Gasteiger partial charge in [-0.15, -0.1) is 0 Å². The van der Waals surface area contributed by atoms with Gasteiger partial charge in [-0.1, -0.05) is 50.2 Å². The first-order valence-electron chi connectivity index (χ1n) is 8.39. The number of amides is 1. The maximum absolute atomic E-state index is 12.6. The highest BCUT2D eigenvalue weighted by molar-refractivity contribution is 5.97. The smallest absolute Gasteiger partial charge is 0.228 e. The summed E-state index contributed by atoms with van der Waals surface area (Å²) < 4.78 is 2.07. The zero-order valence-corrected chi connectivity index (χ0v) is 14.8. The Bertz CT molecular complexity index is 890. The van der Waals surface area contributed by atoms with E-state index in [2.05, 4.69) is 41.9 Å². The number of hydrogen-bond donors (Lipinski definition) is 1. The number of nitrogens with one attached hydrogen (secondary N) is 1. The molecule has 0 bridgehead atoms. The van der Waals surface area contributed by atoms with Crippen LogP contribution >= 0.6 is 0 Å². The highest BCUT2D eigenvalue weighted by Crippen LogP contribution is 2.28. The quantitative estimate of drug-likeness (QED) is 0.736. The Hall–Kier alpha value is -2.55. The van der Waals surface area contributed by atoms with Crippen LogP contribution in [0.15, 0.2) is 48.7 Å². The first-order chi connectivity index (χ1) is 11.5. The van der Waals surface area contributed by atoms with Gasteiger partial charge in [0.15, 0.2) is 0 Å². The van der Waals surface area contributed by atoms with Crippen molar-refractivity contribution in [3.8, 4) is 0 Å². The second-order valence-electron chi connectivity index (χ2n) is 6.70. The summed E-state index contributed by atoms with van der Waals surface area (Å²) in [5.41, 5.74) is 5.45. The van der Waals surface area contributed by atoms with Crippen LogP contribution < -0.4 is 5.32 Å². The molecule has 3 heteroatoms. The summed E-state index contributed by atoms with van der Waals surface area (Å²) in [6, 6.07) is 14.4. The minimum atomic E-state index is 0.0301. The molecule has 3 nitrogen and oxygen atoms in total. The van der Waals surface area contributed by atoms with Gasteiger partial charge in [0, 0.05) is 29.8 Å². The molecule has 0 radical (unpaired) electrons. The molecule has 1 amide bonds. The molecule has 0 spiro atoms. The lowest BCUT2D eigenvalue weighted by Crippen LogP contribution is -2.16. The summed E-state index contributed by atoms with van der Waals surface area (Å²) in [5.74, 6) is 0.403. The van der Waals surface area contributed by atoms with Gasteiger partial charge >= 0.3 is 0 Å². The summed E-state index contributed by atoms with van der Waals surface area (Å²) in [6.45, 7) is 6.34. The Kier molecular flexibility index (Phi) is 4.43. The fraction of sp³-hybridized carbons (Fsp3) is 0.286. The van der Waals surface area contributed by atoms with Crippen LogP contribution in [0.3, 0.4) is 0 Å². The van der Waals surface area contributed by atoms with Gasteiger partial charge in [-0.25, -0.2) is 0 Å².